The lowest BCUT2D eigenvalue weighted by Crippen LogP contribution is -2.25. The van der Waals surface area contributed by atoms with Crippen LogP contribution < -0.4 is 9.47 Å². The van der Waals surface area contributed by atoms with Crippen LogP contribution >= 0.6 is 0 Å². The molecule has 27 heavy (non-hydrogen) atoms. The van der Waals surface area contributed by atoms with E-state index in [4.69, 9.17) is 9.47 Å². The number of allylic oxidation sites excluding steroid dienone is 1. The van der Waals surface area contributed by atoms with Crippen LogP contribution in [0.3, 0.4) is 0 Å². The number of rotatable bonds is 8. The van der Waals surface area contributed by atoms with E-state index in [1.165, 1.54) is 4.80 Å². The van der Waals surface area contributed by atoms with Gasteiger partial charge < -0.3 is 14.6 Å². The fourth-order valence-electron chi connectivity index (χ4n) is 2.46. The van der Waals surface area contributed by atoms with E-state index < -0.39 is 6.10 Å². The molecule has 0 amide bonds. The molecule has 8 heteroatoms. The molecule has 0 aliphatic rings. The minimum absolute atomic E-state index is 0.0725. The van der Waals surface area contributed by atoms with Crippen LogP contribution in [0.2, 0.25) is 0 Å². The van der Waals surface area contributed by atoms with Crippen molar-refractivity contribution >= 4 is 6.08 Å². The molecule has 0 spiro atoms. The summed E-state index contributed by atoms with van der Waals surface area (Å²) in [6, 6.07) is 9.25. The van der Waals surface area contributed by atoms with E-state index in [9.17, 15) is 5.11 Å². The summed E-state index contributed by atoms with van der Waals surface area (Å²) < 4.78 is 11.0. The highest BCUT2D eigenvalue weighted by molar-refractivity contribution is 5.55. The van der Waals surface area contributed by atoms with Gasteiger partial charge >= 0.3 is 0 Å². The van der Waals surface area contributed by atoms with Crippen LogP contribution in [-0.2, 0) is 6.54 Å². The zero-order valence-electron chi connectivity index (χ0n) is 15.2. The normalized spacial score (nSPS) is 12.3. The first-order valence-corrected chi connectivity index (χ1v) is 8.49. The number of aromatic nitrogens is 5. The number of methoxy groups -OCH3 is 1. The molecule has 0 aliphatic heterocycles. The fourth-order valence-corrected chi connectivity index (χ4v) is 2.46. The van der Waals surface area contributed by atoms with E-state index in [0.717, 1.165) is 11.1 Å². The average Bonchev–Trinajstić information content (AvgIpc) is 3.16. The van der Waals surface area contributed by atoms with E-state index in [1.54, 1.807) is 25.6 Å². The molecule has 1 aromatic carbocycles. The maximum Gasteiger partial charge on any atom is 0.206 e. The summed E-state index contributed by atoms with van der Waals surface area (Å²) in [7, 11) is 1.58. The van der Waals surface area contributed by atoms with Gasteiger partial charge in [-0.1, -0.05) is 18.2 Å². The van der Waals surface area contributed by atoms with Crippen LogP contribution in [0.4, 0.5) is 0 Å². The van der Waals surface area contributed by atoms with Crippen LogP contribution in [0.5, 0.6) is 11.5 Å². The van der Waals surface area contributed by atoms with Gasteiger partial charge in [0, 0.05) is 18.0 Å². The lowest BCUT2D eigenvalue weighted by atomic mass is 10.2. The SMILES string of the molecule is CC=Cc1ccc(OCC(O)Cn2nnc(-c3cccnc3)n2)c(OC)c1. The number of ether oxygens (including phenoxy) is 2. The molecule has 8 nitrogen and oxygen atoms in total. The number of hydrogen-bond donors (Lipinski definition) is 1. The van der Waals surface area contributed by atoms with Gasteiger partial charge in [-0.2, -0.15) is 4.80 Å². The second-order valence-electron chi connectivity index (χ2n) is 5.78. The van der Waals surface area contributed by atoms with E-state index in [-0.39, 0.29) is 13.2 Å². The first-order valence-electron chi connectivity index (χ1n) is 8.49. The third-order valence-corrected chi connectivity index (χ3v) is 3.72. The molecule has 0 radical (unpaired) electrons. The van der Waals surface area contributed by atoms with Gasteiger partial charge in [0.2, 0.25) is 5.82 Å². The summed E-state index contributed by atoms with van der Waals surface area (Å²) in [5.74, 6) is 1.63. The van der Waals surface area contributed by atoms with Crippen molar-refractivity contribution in [2.75, 3.05) is 13.7 Å². The number of aliphatic hydroxyl groups excluding tert-OH is 1. The highest BCUT2D eigenvalue weighted by Crippen LogP contribution is 2.28. The van der Waals surface area contributed by atoms with Crippen molar-refractivity contribution in [1.29, 1.82) is 0 Å². The number of aliphatic hydroxyl groups is 1. The number of benzene rings is 1. The van der Waals surface area contributed by atoms with Crippen molar-refractivity contribution in [2.45, 2.75) is 19.6 Å². The molecule has 0 aliphatic carbocycles. The van der Waals surface area contributed by atoms with Gasteiger partial charge in [0.05, 0.1) is 13.7 Å². The molecule has 0 saturated carbocycles. The minimum Gasteiger partial charge on any atom is -0.493 e. The summed E-state index contributed by atoms with van der Waals surface area (Å²) in [6.45, 7) is 2.18. The molecule has 1 N–H and O–H groups in total. The number of pyridine rings is 1. The highest BCUT2D eigenvalue weighted by Gasteiger charge is 2.13. The molecule has 140 valence electrons. The summed E-state index contributed by atoms with van der Waals surface area (Å²) >= 11 is 0. The van der Waals surface area contributed by atoms with Gasteiger partial charge in [0.15, 0.2) is 11.5 Å². The molecule has 0 fully saturated rings. The lowest BCUT2D eigenvalue weighted by Gasteiger charge is -2.14. The van der Waals surface area contributed by atoms with Gasteiger partial charge in [-0.3, -0.25) is 4.98 Å². The van der Waals surface area contributed by atoms with E-state index in [0.29, 0.717) is 17.3 Å². The topological polar surface area (TPSA) is 95.2 Å². The first kappa shape index (κ1) is 18.5. The van der Waals surface area contributed by atoms with Gasteiger partial charge in [-0.15, -0.1) is 10.2 Å². The zero-order chi connectivity index (χ0) is 19.1. The number of nitrogens with zero attached hydrogens (tertiary/aromatic N) is 5. The van der Waals surface area contributed by atoms with Gasteiger partial charge in [0.1, 0.15) is 12.7 Å². The molecule has 2 heterocycles. The summed E-state index contributed by atoms with van der Waals surface area (Å²) in [6.07, 6.45) is 6.45. The maximum absolute atomic E-state index is 10.2. The van der Waals surface area contributed by atoms with Crippen molar-refractivity contribution in [1.82, 2.24) is 25.2 Å². The Balaban J connectivity index is 1.59. The Morgan fingerprint density at radius 1 is 1.26 bits per heavy atom. The second kappa shape index (κ2) is 8.91. The van der Waals surface area contributed by atoms with Crippen LogP contribution in [0, 0.1) is 0 Å². The standard InChI is InChI=1S/C19H21N5O3/c1-3-5-14-7-8-17(18(10-14)26-2)27-13-16(25)12-24-22-19(21-23-24)15-6-4-9-20-11-15/h3-11,16,25H,12-13H2,1-2H3. The zero-order valence-corrected chi connectivity index (χ0v) is 15.2. The summed E-state index contributed by atoms with van der Waals surface area (Å²) in [5, 5.41) is 22.4. The van der Waals surface area contributed by atoms with Crippen LogP contribution in [-0.4, -0.2) is 50.1 Å². The molecule has 2 aromatic heterocycles. The average molecular weight is 367 g/mol. The third kappa shape index (κ3) is 4.89. The van der Waals surface area contributed by atoms with E-state index in [2.05, 4.69) is 20.4 Å². The Labute approximate surface area is 157 Å². The molecular weight excluding hydrogens is 346 g/mol. The monoisotopic (exact) mass is 367 g/mol. The molecule has 1 atom stereocenters. The van der Waals surface area contributed by atoms with Gasteiger partial charge in [0.25, 0.3) is 0 Å². The number of tetrazole rings is 1. The Morgan fingerprint density at radius 2 is 2.15 bits per heavy atom. The Morgan fingerprint density at radius 3 is 2.89 bits per heavy atom. The van der Waals surface area contributed by atoms with Crippen molar-refractivity contribution in [2.24, 2.45) is 0 Å². The molecule has 0 saturated heterocycles. The summed E-state index contributed by atoms with van der Waals surface area (Å²) in [5.41, 5.74) is 1.78. The van der Waals surface area contributed by atoms with Crippen LogP contribution in [0.15, 0.2) is 48.8 Å². The molecule has 3 rings (SSSR count). The van der Waals surface area contributed by atoms with Crippen molar-refractivity contribution in [3.8, 4) is 22.9 Å². The van der Waals surface area contributed by atoms with Gasteiger partial charge in [-0.05, 0) is 42.0 Å². The first-order chi connectivity index (χ1) is 13.2. The Hall–Kier alpha value is -3.26. The minimum atomic E-state index is -0.805. The summed E-state index contributed by atoms with van der Waals surface area (Å²) in [4.78, 5) is 5.36. The predicted octanol–water partition coefficient (Wildman–Crippen LogP) is 2.22. The second-order valence-corrected chi connectivity index (χ2v) is 5.78. The van der Waals surface area contributed by atoms with Crippen molar-refractivity contribution in [3.63, 3.8) is 0 Å². The molecule has 3 aromatic rings. The van der Waals surface area contributed by atoms with Gasteiger partial charge in [-0.25, -0.2) is 0 Å². The Kier molecular flexibility index (Phi) is 6.11. The Bertz CT molecular complexity index is 895. The predicted molar refractivity (Wildman–Crippen MR) is 100 cm³/mol. The molecule has 0 bridgehead atoms. The smallest absolute Gasteiger partial charge is 0.206 e. The number of hydrogen-bond acceptors (Lipinski definition) is 7. The van der Waals surface area contributed by atoms with Crippen LogP contribution in [0.1, 0.15) is 12.5 Å². The van der Waals surface area contributed by atoms with Crippen molar-refractivity contribution < 1.29 is 14.6 Å². The molecule has 1 unspecified atom stereocenters. The molecular formula is C19H21N5O3. The van der Waals surface area contributed by atoms with E-state index >= 15 is 0 Å². The fraction of sp³-hybridized carbons (Fsp3) is 0.263. The third-order valence-electron chi connectivity index (χ3n) is 3.72. The van der Waals surface area contributed by atoms with E-state index in [1.807, 2.05) is 43.3 Å². The largest absolute Gasteiger partial charge is 0.493 e. The van der Waals surface area contributed by atoms with Crippen molar-refractivity contribution in [3.05, 3.63) is 54.4 Å². The quantitative estimate of drug-likeness (QED) is 0.652. The van der Waals surface area contributed by atoms with Crippen LogP contribution in [0.25, 0.3) is 17.5 Å². The highest BCUT2D eigenvalue weighted by atomic mass is 16.5. The maximum atomic E-state index is 10.2. The lowest BCUT2D eigenvalue weighted by molar-refractivity contribution is 0.0836.